The lowest BCUT2D eigenvalue weighted by atomic mass is 9.93. The van der Waals surface area contributed by atoms with E-state index in [4.69, 9.17) is 4.99 Å². The molecule has 37 heavy (non-hydrogen) atoms. The van der Waals surface area contributed by atoms with Gasteiger partial charge in [-0.1, -0.05) is 73.3 Å². The molecule has 4 heteroatoms. The van der Waals surface area contributed by atoms with Crippen molar-refractivity contribution < 1.29 is 0 Å². The molecule has 0 bridgehead atoms. The van der Waals surface area contributed by atoms with Crippen molar-refractivity contribution in [1.82, 2.24) is 5.32 Å². The summed E-state index contributed by atoms with van der Waals surface area (Å²) in [7, 11) is 4.15. The molecule has 3 aromatic carbocycles. The number of allylic oxidation sites excluding steroid dienone is 2. The molecule has 4 aromatic rings. The van der Waals surface area contributed by atoms with E-state index < -0.39 is 0 Å². The number of para-hydroxylation sites is 1. The van der Waals surface area contributed by atoms with Crippen LogP contribution in [0.15, 0.2) is 115 Å². The van der Waals surface area contributed by atoms with Gasteiger partial charge in [-0.2, -0.15) is 0 Å². The van der Waals surface area contributed by atoms with E-state index in [1.54, 1.807) is 11.3 Å². The highest BCUT2D eigenvalue weighted by Gasteiger charge is 2.18. The van der Waals surface area contributed by atoms with E-state index in [0.29, 0.717) is 0 Å². The van der Waals surface area contributed by atoms with Crippen LogP contribution < -0.4 is 10.2 Å². The van der Waals surface area contributed by atoms with Crippen LogP contribution in [0.25, 0.3) is 32.9 Å². The number of hydrogen-bond acceptors (Lipinski definition) is 4. The third-order valence-corrected chi connectivity index (χ3v) is 7.53. The number of thiophene rings is 1. The van der Waals surface area contributed by atoms with Crippen LogP contribution in [0, 0.1) is 0 Å². The quantitative estimate of drug-likeness (QED) is 0.288. The molecule has 1 aliphatic rings. The van der Waals surface area contributed by atoms with Gasteiger partial charge >= 0.3 is 0 Å². The molecular formula is C33H31N3S. The van der Waals surface area contributed by atoms with Crippen molar-refractivity contribution >= 4 is 44.6 Å². The molecule has 0 radical (unpaired) electrons. The number of fused-ring (bicyclic) bond motifs is 1. The van der Waals surface area contributed by atoms with E-state index in [1.165, 1.54) is 26.8 Å². The second-order valence-electron chi connectivity index (χ2n) is 9.29. The number of nitrogens with zero attached hydrogens (tertiary/aromatic N) is 2. The van der Waals surface area contributed by atoms with Gasteiger partial charge in [0.1, 0.15) is 5.84 Å². The van der Waals surface area contributed by atoms with Crippen molar-refractivity contribution in [3.05, 3.63) is 126 Å². The van der Waals surface area contributed by atoms with Gasteiger partial charge in [0.15, 0.2) is 0 Å². The molecular weight excluding hydrogens is 470 g/mol. The normalized spacial score (nSPS) is 17.1. The average molecular weight is 502 g/mol. The summed E-state index contributed by atoms with van der Waals surface area (Å²) in [6, 6.07) is 25.9. The number of amidine groups is 1. The predicted octanol–water partition coefficient (Wildman–Crippen LogP) is 8.17. The molecule has 184 valence electrons. The maximum Gasteiger partial charge on any atom is 0.125 e. The van der Waals surface area contributed by atoms with Crippen LogP contribution in [0.5, 0.6) is 0 Å². The first-order valence-electron chi connectivity index (χ1n) is 12.4. The molecule has 0 amide bonds. The molecule has 0 aliphatic carbocycles. The summed E-state index contributed by atoms with van der Waals surface area (Å²) in [5.74, 6) is 0.834. The Morgan fingerprint density at radius 1 is 0.946 bits per heavy atom. The van der Waals surface area contributed by atoms with Crippen LogP contribution in [-0.4, -0.2) is 26.0 Å². The minimum atomic E-state index is 0.106. The third-order valence-electron chi connectivity index (χ3n) is 6.40. The maximum absolute atomic E-state index is 4.78. The zero-order chi connectivity index (χ0) is 25.8. The van der Waals surface area contributed by atoms with E-state index in [2.05, 4.69) is 129 Å². The summed E-state index contributed by atoms with van der Waals surface area (Å²) in [5, 5.41) is 4.51. The number of nitrogens with one attached hydrogen (secondary N) is 1. The fourth-order valence-electron chi connectivity index (χ4n) is 4.57. The lowest BCUT2D eigenvalue weighted by Crippen LogP contribution is -2.17. The SMILES string of the molecule is C=C(c1ccccc1N(C)C)c1c(C=CC2=NC(C)/C=C\C=C/N2)sc2ccc(-c3ccccc3)cc12. The zero-order valence-electron chi connectivity index (χ0n) is 21.5. The number of hydrogen-bond donors (Lipinski definition) is 1. The summed E-state index contributed by atoms with van der Waals surface area (Å²) in [6.45, 7) is 6.72. The zero-order valence-corrected chi connectivity index (χ0v) is 22.3. The fraction of sp³-hybridized carbons (Fsp3) is 0.121. The molecule has 1 unspecified atom stereocenters. The van der Waals surface area contributed by atoms with E-state index in [9.17, 15) is 0 Å². The van der Waals surface area contributed by atoms with Gasteiger partial charge in [0.05, 0.1) is 6.04 Å². The summed E-state index contributed by atoms with van der Waals surface area (Å²) in [5.41, 5.74) is 6.88. The van der Waals surface area contributed by atoms with Crippen molar-refractivity contribution in [3.63, 3.8) is 0 Å². The number of benzene rings is 3. The Kier molecular flexibility index (Phi) is 7.20. The highest BCUT2D eigenvalue weighted by Crippen LogP contribution is 2.42. The van der Waals surface area contributed by atoms with Crippen molar-refractivity contribution in [2.24, 2.45) is 4.99 Å². The largest absolute Gasteiger partial charge is 0.377 e. The van der Waals surface area contributed by atoms with Gasteiger partial charge in [-0.3, -0.25) is 4.99 Å². The van der Waals surface area contributed by atoms with E-state index >= 15 is 0 Å². The molecule has 1 aliphatic heterocycles. The van der Waals surface area contributed by atoms with Crippen LogP contribution in [0.3, 0.4) is 0 Å². The first-order valence-corrected chi connectivity index (χ1v) is 13.3. The highest BCUT2D eigenvalue weighted by molar-refractivity contribution is 7.20. The Morgan fingerprint density at radius 2 is 1.73 bits per heavy atom. The lowest BCUT2D eigenvalue weighted by Gasteiger charge is -2.19. The van der Waals surface area contributed by atoms with Crippen molar-refractivity contribution in [2.75, 3.05) is 19.0 Å². The second-order valence-corrected chi connectivity index (χ2v) is 10.4. The summed E-state index contributed by atoms with van der Waals surface area (Å²) in [4.78, 5) is 8.10. The van der Waals surface area contributed by atoms with Crippen molar-refractivity contribution in [3.8, 4) is 11.1 Å². The molecule has 0 saturated heterocycles. The summed E-state index contributed by atoms with van der Waals surface area (Å²) >= 11 is 1.79. The Hall–Kier alpha value is -4.15. The van der Waals surface area contributed by atoms with Crippen molar-refractivity contribution in [2.45, 2.75) is 13.0 Å². The van der Waals surface area contributed by atoms with Gasteiger partial charge in [0, 0.05) is 52.1 Å². The monoisotopic (exact) mass is 501 g/mol. The molecule has 1 aromatic heterocycles. The number of rotatable bonds is 6. The van der Waals surface area contributed by atoms with E-state index in [0.717, 1.165) is 27.5 Å². The van der Waals surface area contributed by atoms with Gasteiger partial charge in [-0.05, 0) is 60.1 Å². The van der Waals surface area contributed by atoms with Crippen LogP contribution in [0.4, 0.5) is 5.69 Å². The van der Waals surface area contributed by atoms with Crippen LogP contribution in [0.2, 0.25) is 0 Å². The van der Waals surface area contributed by atoms with E-state index in [-0.39, 0.29) is 6.04 Å². The topological polar surface area (TPSA) is 27.6 Å². The minimum absolute atomic E-state index is 0.106. The molecule has 1 N–H and O–H groups in total. The summed E-state index contributed by atoms with van der Waals surface area (Å²) in [6.07, 6.45) is 12.2. The van der Waals surface area contributed by atoms with Crippen molar-refractivity contribution in [1.29, 1.82) is 0 Å². The van der Waals surface area contributed by atoms with Crippen LogP contribution in [0.1, 0.15) is 22.9 Å². The van der Waals surface area contributed by atoms with Gasteiger partial charge in [-0.25, -0.2) is 0 Å². The van der Waals surface area contributed by atoms with Gasteiger partial charge in [0.25, 0.3) is 0 Å². The smallest absolute Gasteiger partial charge is 0.125 e. The number of anilines is 1. The van der Waals surface area contributed by atoms with Gasteiger partial charge in [0.2, 0.25) is 0 Å². The lowest BCUT2D eigenvalue weighted by molar-refractivity contribution is 0.913. The minimum Gasteiger partial charge on any atom is -0.377 e. The molecule has 1 atom stereocenters. The Morgan fingerprint density at radius 3 is 2.54 bits per heavy atom. The van der Waals surface area contributed by atoms with Gasteiger partial charge < -0.3 is 10.2 Å². The molecule has 0 saturated carbocycles. The number of aliphatic imine (C=N–C) groups is 1. The third kappa shape index (κ3) is 5.35. The molecule has 0 fully saturated rings. The Balaban J connectivity index is 1.67. The second kappa shape index (κ2) is 10.9. The van der Waals surface area contributed by atoms with Crippen LogP contribution >= 0.6 is 11.3 Å². The Labute approximate surface area is 223 Å². The first kappa shape index (κ1) is 24.5. The molecule has 2 heterocycles. The predicted molar refractivity (Wildman–Crippen MR) is 164 cm³/mol. The fourth-order valence-corrected chi connectivity index (χ4v) is 5.68. The van der Waals surface area contributed by atoms with Gasteiger partial charge in [-0.15, -0.1) is 11.3 Å². The van der Waals surface area contributed by atoms with E-state index in [1.807, 2.05) is 18.4 Å². The van der Waals surface area contributed by atoms with Crippen LogP contribution in [-0.2, 0) is 0 Å². The Bertz CT molecular complexity index is 1550. The molecule has 0 spiro atoms. The standard InChI is InChI=1S/C33H31N3S/c1-23-12-10-11-21-34-32(35-23)20-19-31-33(24(2)27-15-8-9-16-29(27)36(3)4)28-22-26(17-18-30(28)37-31)25-13-6-5-7-14-25/h5-23H,2H2,1,3-4H3,(H,34,35)/b12-10-,20-19?,21-11-. The molecule has 3 nitrogen and oxygen atoms in total. The molecule has 5 rings (SSSR count). The summed E-state index contributed by atoms with van der Waals surface area (Å²) < 4.78 is 1.24. The first-order chi connectivity index (χ1) is 18.0. The highest BCUT2D eigenvalue weighted by atomic mass is 32.1. The average Bonchev–Trinajstić information content (AvgIpc) is 3.27. The maximum atomic E-state index is 4.78.